The number of esters is 1. The minimum atomic E-state index is -1.09. The molecular formula is C31H26BrClN2O7S. The molecule has 5 rings (SSSR count). The molecule has 4 aromatic rings. The summed E-state index contributed by atoms with van der Waals surface area (Å²) in [5, 5.41) is 9.70. The predicted molar refractivity (Wildman–Crippen MR) is 166 cm³/mol. The van der Waals surface area contributed by atoms with Crippen molar-refractivity contribution in [1.29, 1.82) is 0 Å². The van der Waals surface area contributed by atoms with E-state index in [1.54, 1.807) is 38.3 Å². The first kappa shape index (κ1) is 30.5. The standard InChI is InChI=1S/C31H26BrClN2O7S/c1-4-6-22-26(30(39)41-5-2)27(16-8-11-24(40-3)20(32)14-16)35-28(36)25(43-31(35)34-22)15-18-9-12-23(42-18)19-13-17(29(37)38)7-10-21(19)33/h7-15,27H,4-6H2,1-3H3,(H,37,38)/b25-15-/t27-/m1/s1. The number of hydrogen-bond acceptors (Lipinski definition) is 8. The predicted octanol–water partition coefficient (Wildman–Crippen LogP) is 5.96. The molecule has 2 aromatic heterocycles. The number of benzene rings is 2. The Bertz CT molecular complexity index is 1960. The summed E-state index contributed by atoms with van der Waals surface area (Å²) in [4.78, 5) is 44.0. The molecule has 3 heterocycles. The molecule has 0 saturated heterocycles. The Morgan fingerprint density at radius 1 is 1.19 bits per heavy atom. The lowest BCUT2D eigenvalue weighted by Crippen LogP contribution is -2.40. The summed E-state index contributed by atoms with van der Waals surface area (Å²) in [5.74, 6) is -0.303. The van der Waals surface area contributed by atoms with Crippen molar-refractivity contribution in [3.63, 3.8) is 0 Å². The number of carboxylic acids is 1. The van der Waals surface area contributed by atoms with Crippen molar-refractivity contribution in [3.05, 3.63) is 106 Å². The zero-order chi connectivity index (χ0) is 30.8. The maximum atomic E-state index is 14.0. The number of aromatic carboxylic acids is 1. The van der Waals surface area contributed by atoms with E-state index < -0.39 is 18.0 Å². The number of carbonyl (C=O) groups is 2. The maximum absolute atomic E-state index is 14.0. The topological polar surface area (TPSA) is 120 Å². The molecule has 0 unspecified atom stereocenters. The summed E-state index contributed by atoms with van der Waals surface area (Å²) in [6.07, 6.45) is 2.85. The number of fused-ring (bicyclic) bond motifs is 1. The van der Waals surface area contributed by atoms with Crippen molar-refractivity contribution in [2.75, 3.05) is 13.7 Å². The molecule has 0 aliphatic carbocycles. The second-order valence-electron chi connectivity index (χ2n) is 9.51. The molecule has 0 amide bonds. The van der Waals surface area contributed by atoms with Crippen molar-refractivity contribution in [2.24, 2.45) is 4.99 Å². The number of carbonyl (C=O) groups excluding carboxylic acids is 1. The van der Waals surface area contributed by atoms with Gasteiger partial charge >= 0.3 is 11.9 Å². The van der Waals surface area contributed by atoms with E-state index in [-0.39, 0.29) is 17.7 Å². The van der Waals surface area contributed by atoms with Crippen LogP contribution in [-0.2, 0) is 9.53 Å². The molecule has 1 N–H and O–H groups in total. The van der Waals surface area contributed by atoms with E-state index in [1.165, 1.54) is 34.1 Å². The minimum absolute atomic E-state index is 0.0658. The minimum Gasteiger partial charge on any atom is -0.496 e. The number of nitrogens with zero attached hydrogens (tertiary/aromatic N) is 2. The van der Waals surface area contributed by atoms with Crippen LogP contribution in [0.5, 0.6) is 5.75 Å². The van der Waals surface area contributed by atoms with Gasteiger partial charge in [-0.1, -0.05) is 42.3 Å². The summed E-state index contributed by atoms with van der Waals surface area (Å²) in [6, 6.07) is 12.3. The highest BCUT2D eigenvalue weighted by Crippen LogP contribution is 2.36. The lowest BCUT2D eigenvalue weighted by Gasteiger charge is -2.26. The number of aromatic nitrogens is 1. The summed E-state index contributed by atoms with van der Waals surface area (Å²) in [7, 11) is 1.56. The van der Waals surface area contributed by atoms with E-state index in [0.29, 0.717) is 64.9 Å². The number of halogens is 2. The van der Waals surface area contributed by atoms with Gasteiger partial charge in [0.2, 0.25) is 0 Å². The van der Waals surface area contributed by atoms with Crippen LogP contribution >= 0.6 is 38.9 Å². The smallest absolute Gasteiger partial charge is 0.338 e. The van der Waals surface area contributed by atoms with E-state index in [9.17, 15) is 19.5 Å². The highest BCUT2D eigenvalue weighted by atomic mass is 79.9. The van der Waals surface area contributed by atoms with Crippen molar-refractivity contribution in [2.45, 2.75) is 32.7 Å². The maximum Gasteiger partial charge on any atom is 0.338 e. The van der Waals surface area contributed by atoms with Crippen LogP contribution in [0.2, 0.25) is 5.02 Å². The molecule has 0 bridgehead atoms. The number of thiazole rings is 1. The van der Waals surface area contributed by atoms with Gasteiger partial charge in [-0.15, -0.1) is 0 Å². The fraction of sp³-hybridized carbons (Fsp3) is 0.226. The first-order valence-corrected chi connectivity index (χ1v) is 15.3. The Hall–Kier alpha value is -3.93. The molecule has 1 aliphatic rings. The third-order valence-corrected chi connectivity index (χ3v) is 8.69. The van der Waals surface area contributed by atoms with Crippen LogP contribution in [-0.4, -0.2) is 35.3 Å². The molecule has 0 saturated carbocycles. The average molecular weight is 686 g/mol. The number of methoxy groups -OCH3 is 1. The van der Waals surface area contributed by atoms with E-state index in [4.69, 9.17) is 30.5 Å². The van der Waals surface area contributed by atoms with Crippen molar-refractivity contribution in [1.82, 2.24) is 4.57 Å². The van der Waals surface area contributed by atoms with Gasteiger partial charge in [0.05, 0.1) is 50.6 Å². The van der Waals surface area contributed by atoms with Crippen LogP contribution < -0.4 is 19.6 Å². The number of ether oxygens (including phenoxy) is 2. The average Bonchev–Trinajstić information content (AvgIpc) is 3.56. The van der Waals surface area contributed by atoms with Gasteiger partial charge in [-0.25, -0.2) is 14.6 Å². The highest BCUT2D eigenvalue weighted by molar-refractivity contribution is 9.10. The molecule has 1 aliphatic heterocycles. The Morgan fingerprint density at radius 3 is 2.65 bits per heavy atom. The zero-order valence-electron chi connectivity index (χ0n) is 23.4. The third-order valence-electron chi connectivity index (χ3n) is 6.76. The van der Waals surface area contributed by atoms with E-state index >= 15 is 0 Å². The fourth-order valence-corrected chi connectivity index (χ4v) is 6.61. The van der Waals surface area contributed by atoms with E-state index in [0.717, 1.165) is 6.42 Å². The number of furan rings is 1. The van der Waals surface area contributed by atoms with Gasteiger partial charge < -0.3 is 19.0 Å². The molecule has 1 atom stereocenters. The zero-order valence-corrected chi connectivity index (χ0v) is 26.5. The number of rotatable bonds is 9. The first-order chi connectivity index (χ1) is 20.7. The fourth-order valence-electron chi connectivity index (χ4n) is 4.84. The largest absolute Gasteiger partial charge is 0.496 e. The highest BCUT2D eigenvalue weighted by Gasteiger charge is 2.34. The summed E-state index contributed by atoms with van der Waals surface area (Å²) < 4.78 is 19.3. The monoisotopic (exact) mass is 684 g/mol. The van der Waals surface area contributed by atoms with Gasteiger partial charge in [-0.3, -0.25) is 9.36 Å². The number of carboxylic acid groups (broad SMARTS) is 1. The van der Waals surface area contributed by atoms with Gasteiger partial charge in [0, 0.05) is 11.6 Å². The molecule has 0 fully saturated rings. The van der Waals surface area contributed by atoms with Crippen LogP contribution in [0.4, 0.5) is 0 Å². The second kappa shape index (κ2) is 12.7. The molecule has 0 radical (unpaired) electrons. The molecule has 2 aromatic carbocycles. The molecule has 0 spiro atoms. The first-order valence-electron chi connectivity index (χ1n) is 13.3. The number of allylic oxidation sites excluding steroid dienone is 1. The normalized spacial score (nSPS) is 14.8. The molecule has 222 valence electrons. The van der Waals surface area contributed by atoms with Gasteiger partial charge in [-0.05, 0) is 77.3 Å². The van der Waals surface area contributed by atoms with Crippen LogP contribution in [0, 0.1) is 0 Å². The Kier molecular flexibility index (Phi) is 9.05. The van der Waals surface area contributed by atoms with E-state index in [1.807, 2.05) is 19.1 Å². The Morgan fingerprint density at radius 2 is 1.98 bits per heavy atom. The van der Waals surface area contributed by atoms with Gasteiger partial charge in [0.1, 0.15) is 17.3 Å². The van der Waals surface area contributed by atoms with Crippen LogP contribution in [0.15, 0.2) is 78.5 Å². The van der Waals surface area contributed by atoms with Crippen LogP contribution in [0.3, 0.4) is 0 Å². The van der Waals surface area contributed by atoms with E-state index in [2.05, 4.69) is 15.9 Å². The quantitative estimate of drug-likeness (QED) is 0.216. The van der Waals surface area contributed by atoms with Crippen molar-refractivity contribution < 1.29 is 28.6 Å². The Balaban J connectivity index is 1.67. The van der Waals surface area contributed by atoms with Crippen molar-refractivity contribution >= 4 is 56.9 Å². The molecule has 9 nitrogen and oxygen atoms in total. The van der Waals surface area contributed by atoms with Gasteiger partial charge in [0.25, 0.3) is 5.56 Å². The number of hydrogen-bond donors (Lipinski definition) is 1. The van der Waals surface area contributed by atoms with Crippen molar-refractivity contribution in [3.8, 4) is 17.1 Å². The molecular weight excluding hydrogens is 660 g/mol. The Labute approximate surface area is 263 Å². The summed E-state index contributed by atoms with van der Waals surface area (Å²) >= 11 is 11.0. The summed E-state index contributed by atoms with van der Waals surface area (Å²) in [5.41, 5.74) is 1.68. The summed E-state index contributed by atoms with van der Waals surface area (Å²) in [6.45, 7) is 3.90. The SMILES string of the molecule is CCCC1=C(C(=O)OCC)[C@@H](c2ccc(OC)c(Br)c2)n2c(s/c(=C\c3ccc(-c4cc(C(=O)O)ccc4Cl)o3)c2=O)=N1. The van der Waals surface area contributed by atoms with Gasteiger partial charge in [-0.2, -0.15) is 0 Å². The molecule has 43 heavy (non-hydrogen) atoms. The third kappa shape index (κ3) is 5.97. The second-order valence-corrected chi connectivity index (χ2v) is 11.8. The lowest BCUT2D eigenvalue weighted by atomic mass is 9.94. The molecule has 12 heteroatoms. The lowest BCUT2D eigenvalue weighted by molar-refractivity contribution is -0.139. The van der Waals surface area contributed by atoms with Crippen LogP contribution in [0.1, 0.15) is 54.4 Å². The van der Waals surface area contributed by atoms with Gasteiger partial charge in [0.15, 0.2) is 4.80 Å². The van der Waals surface area contributed by atoms with Crippen LogP contribution in [0.25, 0.3) is 17.4 Å².